The maximum absolute atomic E-state index is 15.6. The number of aromatic amines is 1. The van der Waals surface area contributed by atoms with Gasteiger partial charge in [0.1, 0.15) is 71.2 Å². The Balaban J connectivity index is 1.60. The van der Waals surface area contributed by atoms with E-state index in [9.17, 15) is 82.4 Å². The first-order valence-electron chi connectivity index (χ1n) is 47.0. The number of fused-ring (bicyclic) bond motifs is 1. The molecule has 1 aliphatic rings. The molecule has 23 N–H and O–H groups in total. The fraction of sp³-hybridized carbons (Fsp3) is 0.567. The zero-order valence-electron chi connectivity index (χ0n) is 81.7. The van der Waals surface area contributed by atoms with E-state index in [1.54, 1.807) is 76.2 Å². The minimum atomic E-state index is -2.09. The van der Waals surface area contributed by atoms with Crippen LogP contribution in [0.4, 0.5) is 0 Å². The van der Waals surface area contributed by atoms with Gasteiger partial charge in [0.05, 0.1) is 36.2 Å². The number of amides is 15. The molecule has 3 aromatic carbocycles. The lowest BCUT2D eigenvalue weighted by molar-refractivity contribution is -0.140. The number of hydrogen-bond acceptors (Lipinski definition) is 24. The van der Waals surface area contributed by atoms with Gasteiger partial charge in [0.25, 0.3) is 0 Å². The van der Waals surface area contributed by atoms with Crippen LogP contribution in [-0.4, -0.2) is 247 Å². The summed E-state index contributed by atoms with van der Waals surface area (Å²) in [7, 11) is 0. The van der Waals surface area contributed by atoms with Gasteiger partial charge < -0.3 is 112 Å². The molecule has 4 aromatic rings. The van der Waals surface area contributed by atoms with Gasteiger partial charge in [-0.05, 0) is 179 Å². The van der Waals surface area contributed by atoms with Crippen molar-refractivity contribution in [3.8, 4) is 5.75 Å². The van der Waals surface area contributed by atoms with Crippen molar-refractivity contribution in [3.05, 3.63) is 113 Å². The highest BCUT2D eigenvalue weighted by Crippen LogP contribution is 2.27. The molecule has 1 aliphatic heterocycles. The van der Waals surface area contributed by atoms with Gasteiger partial charge in [-0.2, -0.15) is 0 Å². The van der Waals surface area contributed by atoms with Gasteiger partial charge in [0.2, 0.25) is 112 Å². The van der Waals surface area contributed by atoms with Crippen LogP contribution in [0.2, 0.25) is 5.02 Å². The molecule has 0 spiro atoms. The molecule has 2 heterocycles. The number of primary amides is 2. The molecule has 0 radical (unpaired) electrons. The first-order valence-corrected chi connectivity index (χ1v) is 47.4. The van der Waals surface area contributed by atoms with Crippen LogP contribution < -0.4 is 91.2 Å². The summed E-state index contributed by atoms with van der Waals surface area (Å²) in [4.78, 5) is 284. The normalized spacial score (nSPS) is 22.0. The summed E-state index contributed by atoms with van der Waals surface area (Å²) in [5.41, 5.74) is 8.64. The van der Waals surface area contributed by atoms with E-state index in [4.69, 9.17) is 23.1 Å². The molecular formula is C97H141ClN18O23. The van der Waals surface area contributed by atoms with E-state index in [-0.39, 0.29) is 82.0 Å². The number of carbonyl (C=O) groups is 20. The Morgan fingerprint density at radius 3 is 1.70 bits per heavy atom. The molecule has 18 atom stereocenters. The number of aromatic nitrogens is 1. The number of hydrogen-bond donors (Lipinski definition) is 21. The molecule has 5 rings (SSSR count). The maximum atomic E-state index is 15.6. The molecule has 0 fully saturated rings. The highest BCUT2D eigenvalue weighted by molar-refractivity contribution is 6.41. The number of carboxylic acid groups (broad SMARTS) is 1. The largest absolute Gasteiger partial charge is 0.508 e. The number of aliphatic hydroxyl groups excluding tert-OH is 1. The van der Waals surface area contributed by atoms with Gasteiger partial charge in [-0.1, -0.05) is 126 Å². The number of aliphatic carboxylic acids is 1. The predicted molar refractivity (Wildman–Crippen MR) is 515 cm³/mol. The minimum Gasteiger partial charge on any atom is -0.508 e. The average molecular weight is 1960 g/mol. The van der Waals surface area contributed by atoms with Crippen molar-refractivity contribution < 1.29 is 111 Å². The van der Waals surface area contributed by atoms with Crippen LogP contribution in [0.3, 0.4) is 0 Å². The molecule has 1 aromatic heterocycles. The second kappa shape index (κ2) is 56.2. The number of H-pyrrole nitrogens is 1. The van der Waals surface area contributed by atoms with Crippen molar-refractivity contribution in [2.24, 2.45) is 35.1 Å². The van der Waals surface area contributed by atoms with Crippen molar-refractivity contribution in [1.29, 1.82) is 0 Å². The summed E-state index contributed by atoms with van der Waals surface area (Å²) in [6.07, 6.45) is 2.66. The van der Waals surface area contributed by atoms with E-state index in [2.05, 4.69) is 84.7 Å². The van der Waals surface area contributed by atoms with Crippen molar-refractivity contribution in [2.45, 2.75) is 315 Å². The third-order valence-electron chi connectivity index (χ3n) is 23.8. The molecule has 139 heavy (non-hydrogen) atoms. The molecule has 0 bridgehead atoms. The Morgan fingerprint density at radius 1 is 0.547 bits per heavy atom. The number of phenolic OH excluding ortho intramolecular Hbond substituents is 1. The maximum Gasteiger partial charge on any atom is 0.303 e. The van der Waals surface area contributed by atoms with E-state index in [0.29, 0.717) is 64.7 Å². The van der Waals surface area contributed by atoms with Crippen LogP contribution in [0.1, 0.15) is 217 Å². The van der Waals surface area contributed by atoms with Gasteiger partial charge in [-0.3, -0.25) is 95.9 Å². The first-order chi connectivity index (χ1) is 65.2. The van der Waals surface area contributed by atoms with Gasteiger partial charge in [-0.15, -0.1) is 0 Å². The Labute approximate surface area is 814 Å². The Hall–Kier alpha value is -12.9. The fourth-order valence-electron chi connectivity index (χ4n) is 15.4. The number of rotatable bonds is 39. The number of phenols is 1. The molecule has 3 unspecified atom stereocenters. The summed E-state index contributed by atoms with van der Waals surface area (Å²) in [6.45, 7) is 21.2. The molecule has 764 valence electrons. The average Bonchev–Trinajstić information content (AvgIpc) is 1.80. The number of nitrogens with two attached hydrogens (primary N) is 2. The summed E-state index contributed by atoms with van der Waals surface area (Å²) >= 11 is 6.39. The highest BCUT2D eigenvalue weighted by atomic mass is 35.5. The van der Waals surface area contributed by atoms with Gasteiger partial charge in [0.15, 0.2) is 0 Å². The first kappa shape index (κ1) is 117. The minimum absolute atomic E-state index is 0.00593. The smallest absolute Gasteiger partial charge is 0.303 e. The molecule has 0 aliphatic carbocycles. The Kier molecular flexibility index (Phi) is 47.2. The lowest BCUT2D eigenvalue weighted by Crippen LogP contribution is -2.65. The van der Waals surface area contributed by atoms with E-state index >= 15 is 28.8 Å². The number of aliphatic hydroxyl groups is 1. The Morgan fingerprint density at radius 2 is 1.12 bits per heavy atom. The summed E-state index contributed by atoms with van der Waals surface area (Å²) in [5, 5.41) is 72.1. The van der Waals surface area contributed by atoms with Crippen molar-refractivity contribution in [3.63, 3.8) is 0 Å². The van der Waals surface area contributed by atoms with Crippen LogP contribution in [0.25, 0.3) is 10.9 Å². The Bertz CT molecular complexity index is 5030. The lowest BCUT2D eigenvalue weighted by atomic mass is 9.89. The second-order valence-corrected chi connectivity index (χ2v) is 37.7. The monoisotopic (exact) mass is 1960 g/mol. The third kappa shape index (κ3) is 38.8. The van der Waals surface area contributed by atoms with Crippen LogP contribution in [0, 0.1) is 23.7 Å². The number of benzene rings is 3. The van der Waals surface area contributed by atoms with E-state index < -0.39 is 257 Å². The number of ketones is 4. The number of nitrogens with one attached hydrogen (secondary N) is 16. The van der Waals surface area contributed by atoms with E-state index in [1.807, 2.05) is 12.2 Å². The number of carboxylic acids is 1. The molecule has 15 amide bonds. The van der Waals surface area contributed by atoms with Crippen LogP contribution in [0.15, 0.2) is 91.1 Å². The topological polar surface area (TPSA) is 650 Å². The number of halogens is 1. The summed E-state index contributed by atoms with van der Waals surface area (Å²) in [5.74, 6) is -21.8. The highest BCUT2D eigenvalue weighted by Gasteiger charge is 2.44. The molecule has 0 saturated heterocycles. The SMILES string of the molecule is CC(=O)N[C@@H](CC(C)C)C(=O)N[C@H](C(=O)N[C@@H](Cc1ccccc1)C(=O)N[C@]1(C)CCCCCC/C=C/CCC[C@@](C)(C(=O)NC(C)C(=O)N[C@@H](C)C(=O)NC(C)C(=O)N[C@@H](C)C(=O)C(=O)[C@H](C)NC[C@H](C)C(N)=O)NC(=O)[C@H](CC(C)C)CN[C@@H](CCC(N)=O)C(=O)C(=O)[C@H](C)NC(=O)[C@H](Cc2c[nH]c3cc(Cl)ccc23)NC(=O)C(Cc2ccc(O)cc2)NC(=O)[C@H](CCC(=O)O)NC1=O)[C@@H](C)O. The van der Waals surface area contributed by atoms with Crippen molar-refractivity contribution in [2.75, 3.05) is 13.1 Å². The molecule has 42 heteroatoms. The second-order valence-electron chi connectivity index (χ2n) is 37.3. The number of aromatic hydroxyl groups is 1. The number of Topliss-reactive ketones (excluding diaryl/α,β-unsaturated/α-hetero) is 4. The van der Waals surface area contributed by atoms with E-state index in [1.165, 1.54) is 107 Å². The van der Waals surface area contributed by atoms with Crippen molar-refractivity contribution in [1.82, 2.24) is 84.7 Å². The lowest BCUT2D eigenvalue weighted by Gasteiger charge is -2.34. The zero-order chi connectivity index (χ0) is 104. The molecule has 0 saturated carbocycles. The van der Waals surface area contributed by atoms with Crippen LogP contribution >= 0.6 is 11.6 Å². The fourth-order valence-corrected chi connectivity index (χ4v) is 15.6. The summed E-state index contributed by atoms with van der Waals surface area (Å²) in [6, 6.07) is -1.21. The number of allylic oxidation sites excluding steroid dienone is 2. The standard InChI is InChI=1S/C97H141ClN18O23/c1-51(2)42-65-50-102-69(36-38-76(99)120)82(126)81(125)56(8)105-89(133)75(46-64-49-103-71-47-66(98)32-35-68(64)71)111-90(134)73(45-63-30-33-67(119)34-31-63)110-88(132)70(37-39-77(121)122)113-95(139)97(15,116-92(136)74(44-62-28-24-23-25-29-62)112-93(137)78(60(12)117)114-91(135)72(43-52(3)4)109-61(13)118)41-27-22-20-18-16-17-19-21-26-40-96(14,115-87(65)131)94(138)108-59(11)86(130)107-58(10)85(129)106-57(9)84(128)104-55(7)80(124)79(123)54(6)101-48-53(5)83(100)127/h17,19,23-25,28-35,47,49,51-60,65,69-70,72-75,78,101-103,117,119H,16,18,20-22,26-27,36-46,48,50H2,1-15H3,(H2,99,120)(H2,100,127)(H,104,128)(H,105,133)(H,106,129)(H,107,130)(H,108,138)(H,109,118)(H,110,132)(H,111,134)(H,112,137)(H,113,139)(H,114,135)(H,115,131)(H,116,136)(H,121,122)/b19-17+/t53-,54-,55-,56-,57?,58-,59?,60+,65+,69-,70-,72-,73?,74-,75-,78-,96-,97+/m0/s1. The molecular weight excluding hydrogens is 1820 g/mol. The quantitative estimate of drug-likeness (QED) is 0.0222. The van der Waals surface area contributed by atoms with Gasteiger partial charge >= 0.3 is 5.97 Å². The molecule has 41 nitrogen and oxygen atoms in total. The summed E-state index contributed by atoms with van der Waals surface area (Å²) < 4.78 is 0. The van der Waals surface area contributed by atoms with Crippen LogP contribution in [0.5, 0.6) is 5.75 Å². The third-order valence-corrected chi connectivity index (χ3v) is 24.1. The van der Waals surface area contributed by atoms with Gasteiger partial charge in [0, 0.05) is 80.2 Å². The van der Waals surface area contributed by atoms with Crippen LogP contribution in [-0.2, 0) is 115 Å². The zero-order valence-corrected chi connectivity index (χ0v) is 82.5. The van der Waals surface area contributed by atoms with E-state index in [0.717, 1.165) is 0 Å². The van der Waals surface area contributed by atoms with Gasteiger partial charge in [-0.25, -0.2) is 0 Å². The number of carbonyl (C=O) groups excluding carboxylic acids is 19. The van der Waals surface area contributed by atoms with Crippen molar-refractivity contribution >= 4 is 140 Å². The predicted octanol–water partition coefficient (Wildman–Crippen LogP) is 1.39.